The topological polar surface area (TPSA) is 38.3 Å². The first kappa shape index (κ1) is 14.1. The molecule has 5 heteroatoms. The second-order valence-corrected chi connectivity index (χ2v) is 4.46. The summed E-state index contributed by atoms with van der Waals surface area (Å²) in [5.41, 5.74) is 0.647. The number of nitrogens with one attached hydrogen (secondary N) is 1. The highest BCUT2D eigenvalue weighted by Crippen LogP contribution is 2.18. The number of hydrogen-bond acceptors (Lipinski definition) is 2. The van der Waals surface area contributed by atoms with Crippen molar-refractivity contribution in [3.63, 3.8) is 0 Å². The summed E-state index contributed by atoms with van der Waals surface area (Å²) in [5.74, 6) is -0.456. The second-order valence-electron chi connectivity index (χ2n) is 3.61. The zero-order valence-electron chi connectivity index (χ0n) is 9.63. The summed E-state index contributed by atoms with van der Waals surface area (Å²) in [4.78, 5) is 11.5. The van der Waals surface area contributed by atoms with Gasteiger partial charge < -0.3 is 10.1 Å². The molecule has 0 saturated carbocycles. The van der Waals surface area contributed by atoms with E-state index in [1.54, 1.807) is 13.2 Å². The van der Waals surface area contributed by atoms with Crippen LogP contribution in [-0.4, -0.2) is 26.2 Å². The molecular weight excluding hydrogens is 289 g/mol. The van der Waals surface area contributed by atoms with Gasteiger partial charge in [0.05, 0.1) is 6.42 Å². The van der Waals surface area contributed by atoms with Gasteiger partial charge in [0.2, 0.25) is 5.91 Å². The van der Waals surface area contributed by atoms with Gasteiger partial charge >= 0.3 is 0 Å². The maximum absolute atomic E-state index is 13.0. The standard InChI is InChI=1S/C12H15BrFNO2/c1-17-6-2-5-15-12(16)8-9-7-10(14)3-4-11(9)13/h3-4,7H,2,5-6,8H2,1H3,(H,15,16). The number of amides is 1. The molecule has 3 nitrogen and oxygen atoms in total. The van der Waals surface area contributed by atoms with Crippen molar-refractivity contribution in [3.05, 3.63) is 34.1 Å². The monoisotopic (exact) mass is 303 g/mol. The summed E-state index contributed by atoms with van der Waals surface area (Å²) < 4.78 is 18.6. The Bertz CT molecular complexity index is 385. The first-order valence-corrected chi connectivity index (χ1v) is 6.12. The minimum Gasteiger partial charge on any atom is -0.385 e. The van der Waals surface area contributed by atoms with Gasteiger partial charge in [0.1, 0.15) is 5.82 Å². The molecule has 1 aromatic rings. The highest BCUT2D eigenvalue weighted by molar-refractivity contribution is 9.10. The molecule has 0 heterocycles. The third-order valence-electron chi connectivity index (χ3n) is 2.21. The normalized spacial score (nSPS) is 10.3. The summed E-state index contributed by atoms with van der Waals surface area (Å²) in [6.45, 7) is 1.18. The lowest BCUT2D eigenvalue weighted by Crippen LogP contribution is -2.26. The molecule has 1 aromatic carbocycles. The van der Waals surface area contributed by atoms with Crippen molar-refractivity contribution in [1.29, 1.82) is 0 Å². The quantitative estimate of drug-likeness (QED) is 0.819. The van der Waals surface area contributed by atoms with E-state index in [1.807, 2.05) is 0 Å². The van der Waals surface area contributed by atoms with Gasteiger partial charge in [-0.05, 0) is 30.2 Å². The maximum atomic E-state index is 13.0. The van der Waals surface area contributed by atoms with Gasteiger partial charge in [0.25, 0.3) is 0 Å². The fourth-order valence-corrected chi connectivity index (χ4v) is 1.75. The number of carbonyl (C=O) groups is 1. The second kappa shape index (κ2) is 7.40. The molecule has 0 saturated heterocycles. The van der Waals surface area contributed by atoms with Crippen molar-refractivity contribution < 1.29 is 13.9 Å². The number of hydrogen-bond donors (Lipinski definition) is 1. The molecule has 0 aliphatic heterocycles. The smallest absolute Gasteiger partial charge is 0.224 e. The van der Waals surface area contributed by atoms with Crippen LogP contribution in [0, 0.1) is 5.82 Å². The van der Waals surface area contributed by atoms with Crippen LogP contribution in [0.3, 0.4) is 0 Å². The van der Waals surface area contributed by atoms with Gasteiger partial charge in [-0.3, -0.25) is 4.79 Å². The lowest BCUT2D eigenvalue weighted by atomic mass is 10.1. The SMILES string of the molecule is COCCCNC(=O)Cc1cc(F)ccc1Br. The Morgan fingerprint density at radius 1 is 1.53 bits per heavy atom. The average molecular weight is 304 g/mol. The highest BCUT2D eigenvalue weighted by Gasteiger charge is 2.07. The summed E-state index contributed by atoms with van der Waals surface area (Å²) in [6, 6.07) is 4.31. The van der Waals surface area contributed by atoms with Crippen molar-refractivity contribution in [2.45, 2.75) is 12.8 Å². The van der Waals surface area contributed by atoms with E-state index in [1.165, 1.54) is 12.1 Å². The van der Waals surface area contributed by atoms with Crippen LogP contribution in [0.1, 0.15) is 12.0 Å². The van der Waals surface area contributed by atoms with Gasteiger partial charge in [-0.15, -0.1) is 0 Å². The molecule has 0 aliphatic rings. The molecule has 0 spiro atoms. The molecule has 0 unspecified atom stereocenters. The van der Waals surface area contributed by atoms with Gasteiger partial charge in [-0.25, -0.2) is 4.39 Å². The summed E-state index contributed by atoms with van der Waals surface area (Å²) in [7, 11) is 1.62. The predicted molar refractivity (Wildman–Crippen MR) is 67.3 cm³/mol. The van der Waals surface area contributed by atoms with E-state index in [9.17, 15) is 9.18 Å². The first-order valence-electron chi connectivity index (χ1n) is 5.33. The van der Waals surface area contributed by atoms with Crippen LogP contribution < -0.4 is 5.32 Å². The lowest BCUT2D eigenvalue weighted by Gasteiger charge is -2.06. The van der Waals surface area contributed by atoms with Crippen LogP contribution in [0.15, 0.2) is 22.7 Å². The molecule has 0 radical (unpaired) electrons. The fourth-order valence-electron chi connectivity index (χ4n) is 1.36. The predicted octanol–water partition coefficient (Wildman–Crippen LogP) is 2.28. The molecule has 0 aliphatic carbocycles. The number of methoxy groups -OCH3 is 1. The van der Waals surface area contributed by atoms with Gasteiger partial charge in [0.15, 0.2) is 0 Å². The van der Waals surface area contributed by atoms with E-state index in [4.69, 9.17) is 4.74 Å². The molecule has 1 N–H and O–H groups in total. The third-order valence-corrected chi connectivity index (χ3v) is 2.98. The van der Waals surface area contributed by atoms with Crippen LogP contribution in [0.2, 0.25) is 0 Å². The summed E-state index contributed by atoms with van der Waals surface area (Å²) >= 11 is 3.29. The minimum atomic E-state index is -0.338. The molecule has 17 heavy (non-hydrogen) atoms. The molecule has 94 valence electrons. The van der Waals surface area contributed by atoms with Crippen LogP contribution in [0.5, 0.6) is 0 Å². The summed E-state index contributed by atoms with van der Waals surface area (Å²) in [5, 5.41) is 2.75. The molecular formula is C12H15BrFNO2. The third kappa shape index (κ3) is 5.28. The van der Waals surface area contributed by atoms with Gasteiger partial charge in [-0.1, -0.05) is 15.9 Å². The largest absolute Gasteiger partial charge is 0.385 e. The molecule has 1 amide bonds. The van der Waals surface area contributed by atoms with Crippen LogP contribution >= 0.6 is 15.9 Å². The Morgan fingerprint density at radius 2 is 2.29 bits per heavy atom. The van der Waals surface area contributed by atoms with Crippen molar-refractivity contribution in [2.75, 3.05) is 20.3 Å². The number of benzene rings is 1. The van der Waals surface area contributed by atoms with Crippen molar-refractivity contribution >= 4 is 21.8 Å². The van der Waals surface area contributed by atoms with E-state index in [0.717, 1.165) is 10.9 Å². The fraction of sp³-hybridized carbons (Fsp3) is 0.417. The Labute approximate surface area is 108 Å². The van der Waals surface area contributed by atoms with Crippen molar-refractivity contribution in [1.82, 2.24) is 5.32 Å². The van der Waals surface area contributed by atoms with Crippen molar-refractivity contribution in [2.24, 2.45) is 0 Å². The van der Waals surface area contributed by atoms with Crippen LogP contribution in [-0.2, 0) is 16.0 Å². The number of carbonyl (C=O) groups excluding carboxylic acids is 1. The zero-order valence-corrected chi connectivity index (χ0v) is 11.2. The van der Waals surface area contributed by atoms with Crippen LogP contribution in [0.4, 0.5) is 4.39 Å². The zero-order chi connectivity index (χ0) is 12.7. The highest BCUT2D eigenvalue weighted by atomic mass is 79.9. The Balaban J connectivity index is 2.42. The summed E-state index contributed by atoms with van der Waals surface area (Å²) in [6.07, 6.45) is 0.942. The van der Waals surface area contributed by atoms with E-state index in [0.29, 0.717) is 18.7 Å². The number of ether oxygens (including phenoxy) is 1. The Morgan fingerprint density at radius 3 is 3.00 bits per heavy atom. The molecule has 0 aromatic heterocycles. The van der Waals surface area contributed by atoms with Gasteiger partial charge in [0, 0.05) is 24.7 Å². The molecule has 0 fully saturated rings. The van der Waals surface area contributed by atoms with E-state index >= 15 is 0 Å². The van der Waals surface area contributed by atoms with E-state index < -0.39 is 0 Å². The number of halogens is 2. The van der Waals surface area contributed by atoms with Crippen LogP contribution in [0.25, 0.3) is 0 Å². The van der Waals surface area contributed by atoms with E-state index in [2.05, 4.69) is 21.2 Å². The maximum Gasteiger partial charge on any atom is 0.224 e. The lowest BCUT2D eigenvalue weighted by molar-refractivity contribution is -0.120. The molecule has 0 atom stereocenters. The number of rotatable bonds is 6. The first-order chi connectivity index (χ1) is 8.13. The van der Waals surface area contributed by atoms with Gasteiger partial charge in [-0.2, -0.15) is 0 Å². The molecule has 0 bridgehead atoms. The van der Waals surface area contributed by atoms with Crippen molar-refractivity contribution in [3.8, 4) is 0 Å². The Hall–Kier alpha value is -0.940. The minimum absolute atomic E-state index is 0.118. The Kier molecular flexibility index (Phi) is 6.15. The van der Waals surface area contributed by atoms with E-state index in [-0.39, 0.29) is 18.1 Å². The average Bonchev–Trinajstić information content (AvgIpc) is 2.29. The molecule has 1 rings (SSSR count).